The summed E-state index contributed by atoms with van der Waals surface area (Å²) in [4.78, 5) is 13.7. The fourth-order valence-electron chi connectivity index (χ4n) is 1.96. The number of nitrogens with one attached hydrogen (secondary N) is 1. The van der Waals surface area contributed by atoms with Crippen molar-refractivity contribution in [3.05, 3.63) is 0 Å². The smallest absolute Gasteiger partial charge is 0.281 e. The molecular weight excluding hydrogens is 256 g/mol. The van der Waals surface area contributed by atoms with Gasteiger partial charge in [-0.3, -0.25) is 4.79 Å². The number of amides is 1. The maximum Gasteiger partial charge on any atom is 0.281 e. The molecule has 0 spiro atoms. The Kier molecular flexibility index (Phi) is 5.09. The highest BCUT2D eigenvalue weighted by Gasteiger charge is 2.33. The topological polar surface area (TPSA) is 73.0 Å². The Balaban J connectivity index is 2.91. The summed E-state index contributed by atoms with van der Waals surface area (Å²) in [5.41, 5.74) is 0. The summed E-state index contributed by atoms with van der Waals surface area (Å²) in [5.74, 6) is -0.458. The van der Waals surface area contributed by atoms with Gasteiger partial charge in [0.2, 0.25) is 5.91 Å². The van der Waals surface area contributed by atoms with Crippen molar-refractivity contribution >= 4 is 16.1 Å². The van der Waals surface area contributed by atoms with Crippen molar-refractivity contribution in [2.24, 2.45) is 5.92 Å². The molecule has 1 heterocycles. The molecule has 0 aromatic rings. The van der Waals surface area contributed by atoms with Crippen LogP contribution in [-0.2, 0) is 15.0 Å². The van der Waals surface area contributed by atoms with Gasteiger partial charge < -0.3 is 10.2 Å². The van der Waals surface area contributed by atoms with Gasteiger partial charge in [-0.2, -0.15) is 17.0 Å². The van der Waals surface area contributed by atoms with E-state index in [1.165, 1.54) is 22.7 Å². The fourth-order valence-corrected chi connectivity index (χ4v) is 3.10. The first kappa shape index (κ1) is 15.4. The van der Waals surface area contributed by atoms with Crippen LogP contribution in [0.1, 0.15) is 0 Å². The van der Waals surface area contributed by atoms with Gasteiger partial charge in [-0.05, 0) is 7.05 Å². The van der Waals surface area contributed by atoms with Crippen molar-refractivity contribution in [2.45, 2.75) is 0 Å². The van der Waals surface area contributed by atoms with Crippen molar-refractivity contribution in [2.75, 3.05) is 54.4 Å². The van der Waals surface area contributed by atoms with Crippen molar-refractivity contribution < 1.29 is 13.2 Å². The lowest BCUT2D eigenvalue weighted by Crippen LogP contribution is -2.45. The number of likely N-dealkylation sites (N-methyl/N-ethyl adjacent to an activating group) is 1. The molecule has 0 radical (unpaired) electrons. The first-order chi connectivity index (χ1) is 8.28. The normalized spacial score (nSPS) is 23.9. The van der Waals surface area contributed by atoms with Crippen LogP contribution in [0.2, 0.25) is 0 Å². The molecule has 1 atom stereocenters. The average molecular weight is 278 g/mol. The number of carbonyl (C=O) groups excluding carboxylic acids is 1. The minimum absolute atomic E-state index is 0.122. The molecule has 1 rings (SSSR count). The molecular formula is C10H22N4O3S. The van der Waals surface area contributed by atoms with E-state index in [1.54, 1.807) is 7.05 Å². The Bertz CT molecular complexity index is 396. The minimum Gasteiger partial charge on any atom is -0.359 e. The maximum absolute atomic E-state index is 12.1. The third-order valence-electron chi connectivity index (χ3n) is 3.09. The number of hydrogen-bond acceptors (Lipinski definition) is 4. The molecule has 18 heavy (non-hydrogen) atoms. The van der Waals surface area contributed by atoms with Crippen molar-refractivity contribution in [1.29, 1.82) is 0 Å². The SMILES string of the molecule is CNC(=O)C1CN(C)CCN(S(=O)(=O)N(C)C)C1. The van der Waals surface area contributed by atoms with E-state index < -0.39 is 10.2 Å². The lowest BCUT2D eigenvalue weighted by atomic mass is 10.1. The Labute approximate surface area is 109 Å². The molecule has 1 unspecified atom stereocenters. The number of carbonyl (C=O) groups is 1. The first-order valence-electron chi connectivity index (χ1n) is 5.86. The molecule has 1 aliphatic rings. The zero-order chi connectivity index (χ0) is 13.9. The lowest BCUT2D eigenvalue weighted by molar-refractivity contribution is -0.124. The van der Waals surface area contributed by atoms with Gasteiger partial charge in [0.15, 0.2) is 0 Å². The van der Waals surface area contributed by atoms with Gasteiger partial charge in [-0.1, -0.05) is 0 Å². The van der Waals surface area contributed by atoms with Crippen LogP contribution in [0, 0.1) is 5.92 Å². The molecule has 7 nitrogen and oxygen atoms in total. The Morgan fingerprint density at radius 2 is 1.89 bits per heavy atom. The Morgan fingerprint density at radius 1 is 1.28 bits per heavy atom. The van der Waals surface area contributed by atoms with Crippen LogP contribution in [-0.4, -0.2) is 82.2 Å². The molecule has 0 aromatic carbocycles. The van der Waals surface area contributed by atoms with Crippen molar-refractivity contribution in [3.8, 4) is 0 Å². The quantitative estimate of drug-likeness (QED) is 0.675. The van der Waals surface area contributed by atoms with E-state index in [4.69, 9.17) is 0 Å². The standard InChI is InChI=1S/C10H22N4O3S/c1-11-10(15)9-7-13(4)5-6-14(8-9)18(16,17)12(2)3/h9H,5-8H2,1-4H3,(H,11,15). The van der Waals surface area contributed by atoms with Crippen LogP contribution in [0.15, 0.2) is 0 Å². The molecule has 1 fully saturated rings. The summed E-state index contributed by atoms with van der Waals surface area (Å²) in [6.45, 7) is 1.83. The highest BCUT2D eigenvalue weighted by Crippen LogP contribution is 2.13. The average Bonchev–Trinajstić information content (AvgIpc) is 2.50. The zero-order valence-electron chi connectivity index (χ0n) is 11.4. The summed E-state index contributed by atoms with van der Waals surface area (Å²) in [7, 11) is 2.99. The predicted molar refractivity (Wildman–Crippen MR) is 69.2 cm³/mol. The van der Waals surface area contributed by atoms with Gasteiger partial charge >= 0.3 is 0 Å². The van der Waals surface area contributed by atoms with Gasteiger partial charge in [0.25, 0.3) is 10.2 Å². The second kappa shape index (κ2) is 5.96. The van der Waals surface area contributed by atoms with Gasteiger partial charge in [-0.25, -0.2) is 0 Å². The van der Waals surface area contributed by atoms with E-state index in [0.717, 1.165) is 0 Å². The van der Waals surface area contributed by atoms with Gasteiger partial charge in [0.05, 0.1) is 5.92 Å². The Morgan fingerprint density at radius 3 is 2.39 bits per heavy atom. The van der Waals surface area contributed by atoms with E-state index in [-0.39, 0.29) is 18.4 Å². The third kappa shape index (κ3) is 3.41. The summed E-state index contributed by atoms with van der Waals surface area (Å²) < 4.78 is 26.8. The van der Waals surface area contributed by atoms with Gasteiger partial charge in [-0.15, -0.1) is 0 Å². The van der Waals surface area contributed by atoms with Crippen LogP contribution in [0.3, 0.4) is 0 Å². The molecule has 1 amide bonds. The van der Waals surface area contributed by atoms with E-state index in [9.17, 15) is 13.2 Å². The molecule has 1 aliphatic heterocycles. The largest absolute Gasteiger partial charge is 0.359 e. The summed E-state index contributed by atoms with van der Waals surface area (Å²) in [6.07, 6.45) is 0. The van der Waals surface area contributed by atoms with Crippen molar-refractivity contribution in [1.82, 2.24) is 18.8 Å². The van der Waals surface area contributed by atoms with Crippen LogP contribution in [0.25, 0.3) is 0 Å². The summed E-state index contributed by atoms with van der Waals surface area (Å²) >= 11 is 0. The monoisotopic (exact) mass is 278 g/mol. The first-order valence-corrected chi connectivity index (χ1v) is 7.26. The van der Waals surface area contributed by atoms with Gasteiger partial charge in [0.1, 0.15) is 0 Å². The molecule has 106 valence electrons. The van der Waals surface area contributed by atoms with Crippen LogP contribution in [0.4, 0.5) is 0 Å². The maximum atomic E-state index is 12.1. The molecule has 0 saturated carbocycles. The highest BCUT2D eigenvalue weighted by molar-refractivity contribution is 7.86. The summed E-state index contributed by atoms with van der Waals surface area (Å²) in [5, 5.41) is 2.58. The molecule has 0 bridgehead atoms. The second-order valence-corrected chi connectivity index (χ2v) is 6.86. The fraction of sp³-hybridized carbons (Fsp3) is 0.900. The van der Waals surface area contributed by atoms with Crippen LogP contribution >= 0.6 is 0 Å². The zero-order valence-corrected chi connectivity index (χ0v) is 12.2. The van der Waals surface area contributed by atoms with E-state index in [1.807, 2.05) is 11.9 Å². The molecule has 8 heteroatoms. The Hall–Kier alpha value is -0.700. The molecule has 1 saturated heterocycles. The number of nitrogens with zero attached hydrogens (tertiary/aromatic N) is 3. The second-order valence-electron chi connectivity index (χ2n) is 4.72. The third-order valence-corrected chi connectivity index (χ3v) is 5.00. The summed E-state index contributed by atoms with van der Waals surface area (Å²) in [6, 6.07) is 0. The lowest BCUT2D eigenvalue weighted by Gasteiger charge is -2.25. The number of rotatable bonds is 3. The van der Waals surface area contributed by atoms with Crippen LogP contribution < -0.4 is 5.32 Å². The van der Waals surface area contributed by atoms with E-state index in [0.29, 0.717) is 19.6 Å². The van der Waals surface area contributed by atoms with E-state index >= 15 is 0 Å². The number of hydrogen-bond donors (Lipinski definition) is 1. The van der Waals surface area contributed by atoms with E-state index in [2.05, 4.69) is 5.32 Å². The van der Waals surface area contributed by atoms with Crippen molar-refractivity contribution in [3.63, 3.8) is 0 Å². The molecule has 0 aliphatic carbocycles. The van der Waals surface area contributed by atoms with Gasteiger partial charge in [0, 0.05) is 47.3 Å². The molecule has 0 aromatic heterocycles. The molecule has 1 N–H and O–H groups in total. The minimum atomic E-state index is -3.46. The van der Waals surface area contributed by atoms with Crippen LogP contribution in [0.5, 0.6) is 0 Å². The highest BCUT2D eigenvalue weighted by atomic mass is 32.2. The predicted octanol–water partition coefficient (Wildman–Crippen LogP) is -1.60.